The molecule has 3 saturated heterocycles. The number of carboxylic acid groups (broad SMARTS) is 1. The van der Waals surface area contributed by atoms with Crippen LogP contribution in [0, 0.1) is 11.8 Å². The first-order chi connectivity index (χ1) is 17.0. The van der Waals surface area contributed by atoms with Gasteiger partial charge in [0, 0.05) is 37.9 Å². The maximum atomic E-state index is 11.3. The molecule has 0 aromatic carbocycles. The van der Waals surface area contributed by atoms with Gasteiger partial charge in [0.1, 0.15) is 0 Å². The molecule has 0 amide bonds. The summed E-state index contributed by atoms with van der Waals surface area (Å²) in [6.45, 7) is 9.62. The van der Waals surface area contributed by atoms with Gasteiger partial charge in [-0.15, -0.1) is 12.4 Å². The van der Waals surface area contributed by atoms with Gasteiger partial charge in [0.2, 0.25) is 0 Å². The molecule has 3 aliphatic rings. The molecule has 3 fully saturated rings. The van der Waals surface area contributed by atoms with E-state index in [1.807, 2.05) is 10.9 Å². The third-order valence-electron chi connectivity index (χ3n) is 8.03. The lowest BCUT2D eigenvalue weighted by molar-refractivity contribution is 0.0691. The summed E-state index contributed by atoms with van der Waals surface area (Å²) in [6, 6.07) is 0.354. The Balaban J connectivity index is 0.00000304. The number of carbonyl (C=O) groups is 1. The number of hydrogen-bond acceptors (Lipinski definition) is 8. The quantitative estimate of drug-likeness (QED) is 0.506. The van der Waals surface area contributed by atoms with Gasteiger partial charge in [0.05, 0.1) is 24.1 Å². The van der Waals surface area contributed by atoms with Crippen LogP contribution in [0.3, 0.4) is 0 Å². The highest BCUT2D eigenvalue weighted by Gasteiger charge is 2.27. The lowest BCUT2D eigenvalue weighted by atomic mass is 9.92. The minimum absolute atomic E-state index is 0. The molecule has 0 bridgehead atoms. The van der Waals surface area contributed by atoms with Crippen LogP contribution >= 0.6 is 12.4 Å². The minimum Gasteiger partial charge on any atom is -0.476 e. The molecule has 10 nitrogen and oxygen atoms in total. The van der Waals surface area contributed by atoms with Crippen molar-refractivity contribution in [1.29, 1.82) is 0 Å². The third-order valence-corrected chi connectivity index (χ3v) is 8.03. The lowest BCUT2D eigenvalue weighted by Crippen LogP contribution is -2.43. The first-order valence-corrected chi connectivity index (χ1v) is 13.1. The van der Waals surface area contributed by atoms with E-state index in [-0.39, 0.29) is 23.9 Å². The smallest absolute Gasteiger partial charge is 0.358 e. The molecule has 4 N–H and O–H groups in total. The fourth-order valence-corrected chi connectivity index (χ4v) is 5.88. The summed E-state index contributed by atoms with van der Waals surface area (Å²) >= 11 is 0. The van der Waals surface area contributed by atoms with Crippen molar-refractivity contribution in [1.82, 2.24) is 34.9 Å². The van der Waals surface area contributed by atoms with Crippen molar-refractivity contribution in [2.75, 3.05) is 58.1 Å². The average Bonchev–Trinajstić information content (AvgIpc) is 3.37. The summed E-state index contributed by atoms with van der Waals surface area (Å²) in [5.41, 5.74) is 6.65. The summed E-state index contributed by atoms with van der Waals surface area (Å²) in [6.07, 6.45) is 12.7. The highest BCUT2D eigenvalue weighted by molar-refractivity contribution is 5.90. The molecule has 0 saturated carbocycles. The Bertz CT molecular complexity index is 996. The van der Waals surface area contributed by atoms with Crippen LogP contribution in [0.4, 0.5) is 5.82 Å². The van der Waals surface area contributed by atoms with Crippen LogP contribution in [0.25, 0.3) is 11.3 Å². The van der Waals surface area contributed by atoms with Crippen LogP contribution in [-0.4, -0.2) is 93.0 Å². The van der Waals surface area contributed by atoms with Crippen molar-refractivity contribution in [3.05, 3.63) is 24.3 Å². The van der Waals surface area contributed by atoms with Gasteiger partial charge in [-0.1, -0.05) is 0 Å². The largest absolute Gasteiger partial charge is 0.476 e. The third kappa shape index (κ3) is 6.53. The summed E-state index contributed by atoms with van der Waals surface area (Å²) in [5.74, 6) is 0.457. The number of nitrogens with one attached hydrogen (secondary N) is 1. The van der Waals surface area contributed by atoms with Crippen molar-refractivity contribution in [3.63, 3.8) is 0 Å². The Kier molecular flexibility index (Phi) is 9.16. The zero-order valence-electron chi connectivity index (χ0n) is 20.9. The van der Waals surface area contributed by atoms with Gasteiger partial charge in [0.25, 0.3) is 0 Å². The number of nitrogen functional groups attached to an aromatic ring is 1. The zero-order valence-corrected chi connectivity index (χ0v) is 21.7. The van der Waals surface area contributed by atoms with Gasteiger partial charge in [-0.25, -0.2) is 14.8 Å². The number of halogens is 1. The van der Waals surface area contributed by atoms with E-state index in [1.165, 1.54) is 71.1 Å². The first kappa shape index (κ1) is 26.8. The zero-order chi connectivity index (χ0) is 24.2. The van der Waals surface area contributed by atoms with Crippen LogP contribution in [0.1, 0.15) is 55.1 Å². The standard InChI is InChI=1S/C25H38N8O2.ClH/c26-24-23(25(34)35)30-22(14-28-24)20-13-29-33(17-20)21-5-11-32(12-6-21)16-19-3-9-31(10-4-19)15-18-1-7-27-8-2-18;/h13-14,17-19,21,27H,1-12,15-16H2,(H2,26,28)(H,34,35);1H. The van der Waals surface area contributed by atoms with Crippen molar-refractivity contribution in [2.24, 2.45) is 11.8 Å². The number of nitrogens with two attached hydrogens (primary N) is 1. The van der Waals surface area contributed by atoms with Crippen LogP contribution in [0.5, 0.6) is 0 Å². The van der Waals surface area contributed by atoms with E-state index in [1.54, 1.807) is 6.20 Å². The molecule has 2 aromatic rings. The highest BCUT2D eigenvalue weighted by Crippen LogP contribution is 2.27. The van der Waals surface area contributed by atoms with Crippen molar-refractivity contribution >= 4 is 24.2 Å². The second-order valence-corrected chi connectivity index (χ2v) is 10.5. The van der Waals surface area contributed by atoms with Gasteiger partial charge in [-0.05, 0) is 76.5 Å². The number of hydrogen-bond donors (Lipinski definition) is 3. The van der Waals surface area contributed by atoms with Gasteiger partial charge in [0.15, 0.2) is 11.5 Å². The van der Waals surface area contributed by atoms with E-state index in [4.69, 9.17) is 5.73 Å². The number of nitrogens with zero attached hydrogens (tertiary/aromatic N) is 6. The SMILES string of the molecule is Cl.Nc1ncc(-c2cnn(C3CCN(CC4CCN(CC5CCNCC5)CC4)CC3)c2)nc1C(=O)O. The maximum absolute atomic E-state index is 11.3. The van der Waals surface area contributed by atoms with E-state index in [9.17, 15) is 9.90 Å². The second-order valence-electron chi connectivity index (χ2n) is 10.5. The molecule has 5 rings (SSSR count). The second kappa shape index (κ2) is 12.3. The van der Waals surface area contributed by atoms with Gasteiger partial charge in [-0.2, -0.15) is 5.10 Å². The maximum Gasteiger partial charge on any atom is 0.358 e. The molecule has 198 valence electrons. The van der Waals surface area contributed by atoms with Crippen LogP contribution in [0.2, 0.25) is 0 Å². The Labute approximate surface area is 219 Å². The Morgan fingerprint density at radius 1 is 0.972 bits per heavy atom. The average molecular weight is 519 g/mol. The Morgan fingerprint density at radius 2 is 1.58 bits per heavy atom. The number of carboxylic acids is 1. The topological polar surface area (TPSA) is 125 Å². The Hall–Kier alpha value is -2.27. The molecule has 0 atom stereocenters. The van der Waals surface area contributed by atoms with E-state index in [0.29, 0.717) is 11.7 Å². The van der Waals surface area contributed by atoms with Crippen LogP contribution in [0.15, 0.2) is 18.6 Å². The number of aromatic carboxylic acids is 1. The highest BCUT2D eigenvalue weighted by atomic mass is 35.5. The molecule has 11 heteroatoms. The van der Waals surface area contributed by atoms with E-state index >= 15 is 0 Å². The van der Waals surface area contributed by atoms with Crippen LogP contribution in [-0.2, 0) is 0 Å². The van der Waals surface area contributed by atoms with Crippen molar-refractivity contribution < 1.29 is 9.90 Å². The number of anilines is 1. The normalized spacial score (nSPS) is 21.3. The molecular formula is C25H39ClN8O2. The number of likely N-dealkylation sites (tertiary alicyclic amines) is 2. The monoisotopic (exact) mass is 518 g/mol. The number of piperidine rings is 3. The Morgan fingerprint density at radius 3 is 2.22 bits per heavy atom. The lowest BCUT2D eigenvalue weighted by Gasteiger charge is -2.39. The summed E-state index contributed by atoms with van der Waals surface area (Å²) < 4.78 is 2.00. The number of aromatic nitrogens is 4. The molecule has 0 radical (unpaired) electrons. The van der Waals surface area contributed by atoms with Crippen molar-refractivity contribution in [3.8, 4) is 11.3 Å². The molecule has 36 heavy (non-hydrogen) atoms. The minimum atomic E-state index is -1.18. The van der Waals surface area contributed by atoms with E-state index in [0.717, 1.165) is 43.3 Å². The van der Waals surface area contributed by atoms with E-state index in [2.05, 4.69) is 30.2 Å². The van der Waals surface area contributed by atoms with Crippen molar-refractivity contribution in [2.45, 2.75) is 44.6 Å². The van der Waals surface area contributed by atoms with Crippen LogP contribution < -0.4 is 11.1 Å². The summed E-state index contributed by atoms with van der Waals surface area (Å²) in [4.78, 5) is 24.8. The molecular weight excluding hydrogens is 480 g/mol. The molecule has 2 aromatic heterocycles. The van der Waals surface area contributed by atoms with Gasteiger partial charge in [-0.3, -0.25) is 4.68 Å². The predicted octanol–water partition coefficient (Wildman–Crippen LogP) is 2.39. The predicted molar refractivity (Wildman–Crippen MR) is 141 cm³/mol. The van der Waals surface area contributed by atoms with E-state index < -0.39 is 5.97 Å². The number of rotatable bonds is 7. The molecule has 0 aliphatic carbocycles. The molecule has 0 unspecified atom stereocenters. The molecule has 3 aliphatic heterocycles. The van der Waals surface area contributed by atoms with Gasteiger partial charge < -0.3 is 26.0 Å². The fourth-order valence-electron chi connectivity index (χ4n) is 5.88. The molecule has 0 spiro atoms. The summed E-state index contributed by atoms with van der Waals surface area (Å²) in [7, 11) is 0. The summed E-state index contributed by atoms with van der Waals surface area (Å²) in [5, 5.41) is 17.3. The first-order valence-electron chi connectivity index (χ1n) is 13.1. The molecule has 5 heterocycles. The van der Waals surface area contributed by atoms with Gasteiger partial charge >= 0.3 is 5.97 Å². The fraction of sp³-hybridized carbons (Fsp3) is 0.680.